The molecular formula is C22H28BF2NO8. The van der Waals surface area contributed by atoms with Gasteiger partial charge in [-0.05, 0) is 25.0 Å². The number of nitrogens with zero attached hydrogens (tertiary/aromatic N) is 1. The number of hydrogen-bond donors (Lipinski definition) is 1. The van der Waals surface area contributed by atoms with Crippen molar-refractivity contribution in [2.24, 2.45) is 0 Å². The molecule has 34 heavy (non-hydrogen) atoms. The number of rotatable bonds is 11. The molecule has 1 amide bonds. The van der Waals surface area contributed by atoms with Gasteiger partial charge in [-0.15, -0.1) is 0 Å². The molecule has 0 aromatic heterocycles. The zero-order chi connectivity index (χ0) is 25.5. The molecule has 1 N–H and O–H groups in total. The quantitative estimate of drug-likeness (QED) is 0.290. The number of para-hydroxylation sites is 1. The van der Waals surface area contributed by atoms with Gasteiger partial charge in [0.05, 0.1) is 6.42 Å². The van der Waals surface area contributed by atoms with E-state index in [2.05, 4.69) is 0 Å². The third kappa shape index (κ3) is 8.40. The van der Waals surface area contributed by atoms with Gasteiger partial charge in [0.1, 0.15) is 17.1 Å². The van der Waals surface area contributed by atoms with Gasteiger partial charge >= 0.3 is 19.1 Å². The molecule has 12 heteroatoms. The van der Waals surface area contributed by atoms with E-state index in [1.54, 1.807) is 26.2 Å². The number of amides is 1. The molecule has 0 fully saturated rings. The van der Waals surface area contributed by atoms with Crippen molar-refractivity contribution in [3.63, 3.8) is 0 Å². The van der Waals surface area contributed by atoms with E-state index in [0.717, 1.165) is 6.92 Å². The lowest BCUT2D eigenvalue weighted by Gasteiger charge is -2.28. The molecule has 9 nitrogen and oxygen atoms in total. The van der Waals surface area contributed by atoms with Crippen LogP contribution < -0.4 is 4.65 Å². The first-order chi connectivity index (χ1) is 15.9. The number of alkyl halides is 2. The molecule has 0 aliphatic carbocycles. The van der Waals surface area contributed by atoms with Crippen molar-refractivity contribution in [1.29, 1.82) is 0 Å². The molecule has 0 saturated carbocycles. The van der Waals surface area contributed by atoms with Crippen LogP contribution in [0.5, 0.6) is 5.75 Å². The van der Waals surface area contributed by atoms with Crippen molar-refractivity contribution >= 4 is 30.7 Å². The van der Waals surface area contributed by atoms with Crippen molar-refractivity contribution in [1.82, 2.24) is 4.90 Å². The van der Waals surface area contributed by atoms with Gasteiger partial charge < -0.3 is 24.1 Å². The van der Waals surface area contributed by atoms with Crippen LogP contribution in [-0.2, 0) is 30.3 Å². The second-order valence-corrected chi connectivity index (χ2v) is 8.43. The van der Waals surface area contributed by atoms with E-state index in [4.69, 9.17) is 14.1 Å². The number of carbonyl (C=O) groups excluding carboxylic acids is 4. The number of ether oxygens (including phenoxy) is 2. The van der Waals surface area contributed by atoms with Gasteiger partial charge in [0, 0.05) is 45.6 Å². The fraction of sp³-hybridized carbons (Fsp3) is 0.545. The van der Waals surface area contributed by atoms with Gasteiger partial charge in [-0.25, -0.2) is 13.6 Å². The summed E-state index contributed by atoms with van der Waals surface area (Å²) in [5.41, 5.74) is 0.531. The summed E-state index contributed by atoms with van der Waals surface area (Å²) in [7, 11) is 1.70. The molecule has 2 rings (SSSR count). The molecule has 0 saturated heterocycles. The molecule has 1 aromatic carbocycles. The zero-order valence-electron chi connectivity index (χ0n) is 19.3. The Balaban J connectivity index is 1.91. The number of fused-ring (bicyclic) bond motifs is 1. The topological polar surface area (TPSA) is 119 Å². The van der Waals surface area contributed by atoms with Crippen LogP contribution in [0.15, 0.2) is 18.2 Å². The zero-order valence-corrected chi connectivity index (χ0v) is 19.3. The standard InChI is InChI=1S/C22H28BF2NO8/c1-22(24,25)10-9-16(27)12-15-11-14-5-4-6-17(20(14)34-23(15)31)21(30)33-13-32-19(29)8-7-18(28)26(2)3/h4-6,15,31H,7-13H2,1-3H3/t15-/m1/s1. The van der Waals surface area contributed by atoms with E-state index < -0.39 is 49.8 Å². The second-order valence-electron chi connectivity index (χ2n) is 8.43. The predicted molar refractivity (Wildman–Crippen MR) is 116 cm³/mol. The van der Waals surface area contributed by atoms with Crippen LogP contribution in [0.25, 0.3) is 0 Å². The fourth-order valence-corrected chi connectivity index (χ4v) is 3.30. The number of esters is 2. The average molecular weight is 483 g/mol. The Bertz CT molecular complexity index is 919. The number of Topliss-reactive ketones (excluding diaryl/α,β-unsaturated/α-hetero) is 1. The fourth-order valence-electron chi connectivity index (χ4n) is 3.30. The number of carbonyl (C=O) groups is 4. The molecule has 0 bridgehead atoms. The summed E-state index contributed by atoms with van der Waals surface area (Å²) in [5.74, 6) is -5.75. The number of halogens is 2. The molecule has 0 radical (unpaired) electrons. The van der Waals surface area contributed by atoms with Gasteiger partial charge in [0.15, 0.2) is 0 Å². The van der Waals surface area contributed by atoms with Gasteiger partial charge in [0.25, 0.3) is 0 Å². The van der Waals surface area contributed by atoms with Crippen LogP contribution in [0.2, 0.25) is 5.82 Å². The first kappa shape index (κ1) is 27.2. The minimum Gasteiger partial charge on any atom is -0.535 e. The van der Waals surface area contributed by atoms with E-state index in [1.807, 2.05) is 0 Å². The van der Waals surface area contributed by atoms with Gasteiger partial charge in [-0.2, -0.15) is 0 Å². The van der Waals surface area contributed by atoms with Crippen LogP contribution in [0, 0.1) is 0 Å². The maximum Gasteiger partial charge on any atom is 0.526 e. The van der Waals surface area contributed by atoms with E-state index in [9.17, 15) is 33.0 Å². The van der Waals surface area contributed by atoms with E-state index in [1.165, 1.54) is 11.0 Å². The van der Waals surface area contributed by atoms with Crippen LogP contribution in [0.1, 0.15) is 54.9 Å². The van der Waals surface area contributed by atoms with Crippen molar-refractivity contribution in [2.75, 3.05) is 20.9 Å². The van der Waals surface area contributed by atoms with Crippen LogP contribution in [0.3, 0.4) is 0 Å². The van der Waals surface area contributed by atoms with Crippen LogP contribution >= 0.6 is 0 Å². The summed E-state index contributed by atoms with van der Waals surface area (Å²) in [5, 5.41) is 10.3. The molecule has 1 aliphatic heterocycles. The normalized spacial score (nSPS) is 15.1. The lowest BCUT2D eigenvalue weighted by Crippen LogP contribution is -2.36. The predicted octanol–water partition coefficient (Wildman–Crippen LogP) is 2.39. The first-order valence-electron chi connectivity index (χ1n) is 10.8. The highest BCUT2D eigenvalue weighted by Gasteiger charge is 2.38. The van der Waals surface area contributed by atoms with E-state index >= 15 is 0 Å². The summed E-state index contributed by atoms with van der Waals surface area (Å²) in [4.78, 5) is 49.0. The maximum absolute atomic E-state index is 13.0. The highest BCUT2D eigenvalue weighted by atomic mass is 19.3. The van der Waals surface area contributed by atoms with Crippen molar-refractivity contribution in [2.45, 2.75) is 57.2 Å². The van der Waals surface area contributed by atoms with Crippen molar-refractivity contribution in [3.8, 4) is 5.75 Å². The third-order valence-corrected chi connectivity index (χ3v) is 5.22. The van der Waals surface area contributed by atoms with Crippen molar-refractivity contribution in [3.05, 3.63) is 29.3 Å². The van der Waals surface area contributed by atoms with E-state index in [-0.39, 0.29) is 49.3 Å². The van der Waals surface area contributed by atoms with Gasteiger partial charge in [-0.1, -0.05) is 12.1 Å². The lowest BCUT2D eigenvalue weighted by atomic mass is 9.64. The highest BCUT2D eigenvalue weighted by Crippen LogP contribution is 2.37. The van der Waals surface area contributed by atoms with E-state index in [0.29, 0.717) is 5.56 Å². The molecule has 1 atom stereocenters. The molecular weight excluding hydrogens is 455 g/mol. The maximum atomic E-state index is 13.0. The number of ketones is 1. The molecule has 1 aromatic rings. The molecule has 1 aliphatic rings. The largest absolute Gasteiger partial charge is 0.535 e. The Morgan fingerprint density at radius 2 is 1.88 bits per heavy atom. The van der Waals surface area contributed by atoms with Gasteiger partial charge in [0.2, 0.25) is 18.6 Å². The summed E-state index contributed by atoms with van der Waals surface area (Å²) in [6.45, 7) is 0.0714. The lowest BCUT2D eigenvalue weighted by molar-refractivity contribution is -0.153. The summed E-state index contributed by atoms with van der Waals surface area (Å²) < 4.78 is 41.2. The summed E-state index contributed by atoms with van der Waals surface area (Å²) in [6, 6.07) is 4.61. The van der Waals surface area contributed by atoms with Crippen LogP contribution in [0.4, 0.5) is 8.78 Å². The smallest absolute Gasteiger partial charge is 0.526 e. The average Bonchev–Trinajstić information content (AvgIpc) is 2.75. The highest BCUT2D eigenvalue weighted by molar-refractivity contribution is 6.47. The monoisotopic (exact) mass is 483 g/mol. The molecule has 0 spiro atoms. The van der Waals surface area contributed by atoms with Crippen LogP contribution in [-0.4, -0.2) is 67.5 Å². The minimum absolute atomic E-state index is 0.00853. The summed E-state index contributed by atoms with van der Waals surface area (Å²) in [6.07, 6.45) is -1.03. The minimum atomic E-state index is -2.95. The Kier molecular flexibility index (Phi) is 9.54. The Morgan fingerprint density at radius 1 is 1.18 bits per heavy atom. The number of hydrogen-bond acceptors (Lipinski definition) is 8. The molecule has 1 heterocycles. The Labute approximate surface area is 196 Å². The summed E-state index contributed by atoms with van der Waals surface area (Å²) >= 11 is 0. The van der Waals surface area contributed by atoms with Gasteiger partial charge in [-0.3, -0.25) is 14.4 Å². The second kappa shape index (κ2) is 11.9. The molecule has 186 valence electrons. The Morgan fingerprint density at radius 3 is 2.53 bits per heavy atom. The first-order valence-corrected chi connectivity index (χ1v) is 10.8. The Hall–Kier alpha value is -3.02. The SMILES string of the molecule is CN(C)C(=O)CCC(=O)OCOC(=O)c1cccc2c1OB(O)[C@@H](CC(=O)CCC(C)(F)F)C2. The third-order valence-electron chi connectivity index (χ3n) is 5.22. The number of benzene rings is 1. The molecule has 0 unspecified atom stereocenters. The van der Waals surface area contributed by atoms with Crippen molar-refractivity contribution < 1.29 is 47.1 Å².